The summed E-state index contributed by atoms with van der Waals surface area (Å²) in [7, 11) is 1.57. The van der Waals surface area contributed by atoms with Crippen molar-refractivity contribution in [2.75, 3.05) is 25.6 Å². The zero-order chi connectivity index (χ0) is 20.8. The van der Waals surface area contributed by atoms with Gasteiger partial charge in [0.15, 0.2) is 0 Å². The normalized spacial score (nSPS) is 15.0. The monoisotopic (exact) mass is 428 g/mol. The highest BCUT2D eigenvalue weighted by Gasteiger charge is 2.33. The lowest BCUT2D eigenvalue weighted by molar-refractivity contribution is -0.126. The Morgan fingerprint density at radius 3 is 2.41 bits per heavy atom. The standard InChI is InChI=1S/C21H20N2O4S2/c1-3-27-17-8-4-14(5-9-17)12-18-20(25)23(21(28)29-18)13-19(24)22-15-6-10-16(26-2)11-7-15/h4-12H,3,13H2,1-2H3,(H,22,24). The third-order valence-corrected chi connectivity index (χ3v) is 5.42. The third-order valence-electron chi connectivity index (χ3n) is 4.04. The molecule has 0 radical (unpaired) electrons. The number of amides is 2. The van der Waals surface area contributed by atoms with Crippen molar-refractivity contribution in [3.05, 3.63) is 59.0 Å². The van der Waals surface area contributed by atoms with E-state index in [1.54, 1.807) is 37.5 Å². The third kappa shape index (κ3) is 5.36. The summed E-state index contributed by atoms with van der Waals surface area (Å²) in [6.07, 6.45) is 1.76. The Bertz CT molecular complexity index is 940. The van der Waals surface area contributed by atoms with Gasteiger partial charge in [-0.15, -0.1) is 0 Å². The van der Waals surface area contributed by atoms with Crippen molar-refractivity contribution in [2.24, 2.45) is 0 Å². The van der Waals surface area contributed by atoms with E-state index in [9.17, 15) is 9.59 Å². The molecule has 8 heteroatoms. The van der Waals surface area contributed by atoms with Crippen molar-refractivity contribution in [1.82, 2.24) is 4.90 Å². The van der Waals surface area contributed by atoms with Crippen LogP contribution in [-0.4, -0.2) is 41.3 Å². The van der Waals surface area contributed by atoms with Gasteiger partial charge >= 0.3 is 0 Å². The fourth-order valence-electron chi connectivity index (χ4n) is 2.63. The number of methoxy groups -OCH3 is 1. The summed E-state index contributed by atoms with van der Waals surface area (Å²) in [6, 6.07) is 14.4. The highest BCUT2D eigenvalue weighted by molar-refractivity contribution is 8.26. The van der Waals surface area contributed by atoms with Crippen LogP contribution in [0.25, 0.3) is 6.08 Å². The van der Waals surface area contributed by atoms with Gasteiger partial charge in [0, 0.05) is 5.69 Å². The molecular weight excluding hydrogens is 408 g/mol. The number of anilines is 1. The Labute approximate surface area is 178 Å². The number of thioether (sulfide) groups is 1. The van der Waals surface area contributed by atoms with Crippen LogP contribution in [0.3, 0.4) is 0 Å². The molecule has 150 valence electrons. The Hall–Kier alpha value is -2.84. The minimum Gasteiger partial charge on any atom is -0.497 e. The molecule has 2 amide bonds. The van der Waals surface area contributed by atoms with Crippen LogP contribution in [0.15, 0.2) is 53.4 Å². The van der Waals surface area contributed by atoms with E-state index in [-0.39, 0.29) is 18.4 Å². The maximum atomic E-state index is 12.7. The summed E-state index contributed by atoms with van der Waals surface area (Å²) >= 11 is 6.48. The highest BCUT2D eigenvalue weighted by atomic mass is 32.2. The first-order chi connectivity index (χ1) is 14.0. The van der Waals surface area contributed by atoms with E-state index in [1.165, 1.54) is 16.7 Å². The van der Waals surface area contributed by atoms with Gasteiger partial charge in [-0.1, -0.05) is 36.1 Å². The molecule has 1 N–H and O–H groups in total. The molecule has 1 heterocycles. The molecule has 2 aromatic rings. The van der Waals surface area contributed by atoms with E-state index >= 15 is 0 Å². The minimum absolute atomic E-state index is 0.142. The molecule has 1 aliphatic heterocycles. The van der Waals surface area contributed by atoms with Crippen LogP contribution >= 0.6 is 24.0 Å². The van der Waals surface area contributed by atoms with E-state index in [2.05, 4.69) is 5.32 Å². The minimum atomic E-state index is -0.325. The van der Waals surface area contributed by atoms with Crippen molar-refractivity contribution in [3.63, 3.8) is 0 Å². The number of benzene rings is 2. The Morgan fingerprint density at radius 1 is 1.14 bits per heavy atom. The number of ether oxygens (including phenoxy) is 2. The zero-order valence-corrected chi connectivity index (χ0v) is 17.6. The molecule has 6 nitrogen and oxygen atoms in total. The number of nitrogens with one attached hydrogen (secondary N) is 1. The second-order valence-electron chi connectivity index (χ2n) is 6.05. The maximum absolute atomic E-state index is 12.7. The van der Waals surface area contributed by atoms with E-state index in [0.29, 0.717) is 27.3 Å². The van der Waals surface area contributed by atoms with E-state index in [0.717, 1.165) is 11.3 Å². The number of carbonyl (C=O) groups excluding carboxylic acids is 2. The van der Waals surface area contributed by atoms with Crippen molar-refractivity contribution in [2.45, 2.75) is 6.92 Å². The van der Waals surface area contributed by atoms with Crippen LogP contribution in [-0.2, 0) is 9.59 Å². The molecule has 1 aliphatic rings. The van der Waals surface area contributed by atoms with Crippen molar-refractivity contribution < 1.29 is 19.1 Å². The second-order valence-corrected chi connectivity index (χ2v) is 7.72. The lowest BCUT2D eigenvalue weighted by atomic mass is 10.2. The first-order valence-corrected chi connectivity index (χ1v) is 10.1. The Morgan fingerprint density at radius 2 is 1.79 bits per heavy atom. The molecule has 0 unspecified atom stereocenters. The van der Waals surface area contributed by atoms with Crippen LogP contribution in [0.4, 0.5) is 5.69 Å². The number of hydrogen-bond acceptors (Lipinski definition) is 6. The molecule has 0 aromatic heterocycles. The molecule has 1 saturated heterocycles. The number of hydrogen-bond donors (Lipinski definition) is 1. The van der Waals surface area contributed by atoms with E-state index in [1.807, 2.05) is 31.2 Å². The van der Waals surface area contributed by atoms with Crippen molar-refractivity contribution in [1.29, 1.82) is 0 Å². The zero-order valence-electron chi connectivity index (χ0n) is 16.0. The lowest BCUT2D eigenvalue weighted by Gasteiger charge is -2.14. The average molecular weight is 429 g/mol. The van der Waals surface area contributed by atoms with Gasteiger partial charge < -0.3 is 14.8 Å². The van der Waals surface area contributed by atoms with E-state index < -0.39 is 0 Å². The van der Waals surface area contributed by atoms with Gasteiger partial charge in [-0.3, -0.25) is 14.5 Å². The maximum Gasteiger partial charge on any atom is 0.266 e. The Kier molecular flexibility index (Phi) is 6.90. The van der Waals surface area contributed by atoms with Crippen LogP contribution in [0.1, 0.15) is 12.5 Å². The van der Waals surface area contributed by atoms with Gasteiger partial charge in [-0.2, -0.15) is 0 Å². The number of nitrogens with zero attached hydrogens (tertiary/aromatic N) is 1. The SMILES string of the molecule is CCOc1ccc(C=C2SC(=S)N(CC(=O)Nc3ccc(OC)cc3)C2=O)cc1. The van der Waals surface area contributed by atoms with Crippen molar-refractivity contribution in [3.8, 4) is 11.5 Å². The highest BCUT2D eigenvalue weighted by Crippen LogP contribution is 2.32. The van der Waals surface area contributed by atoms with Crippen LogP contribution < -0.4 is 14.8 Å². The topological polar surface area (TPSA) is 67.9 Å². The molecule has 0 aliphatic carbocycles. The fraction of sp³-hybridized carbons (Fsp3) is 0.190. The first kappa shape index (κ1) is 20.9. The summed E-state index contributed by atoms with van der Waals surface area (Å²) < 4.78 is 10.9. The van der Waals surface area contributed by atoms with Gasteiger partial charge in [-0.25, -0.2) is 0 Å². The van der Waals surface area contributed by atoms with E-state index in [4.69, 9.17) is 21.7 Å². The molecule has 0 bridgehead atoms. The predicted octanol–water partition coefficient (Wildman–Crippen LogP) is 3.93. The van der Waals surface area contributed by atoms with Crippen LogP contribution in [0.5, 0.6) is 11.5 Å². The summed E-state index contributed by atoms with van der Waals surface area (Å²) in [5.41, 5.74) is 1.47. The van der Waals surface area contributed by atoms with Crippen LogP contribution in [0, 0.1) is 0 Å². The molecule has 29 heavy (non-hydrogen) atoms. The number of carbonyl (C=O) groups is 2. The Balaban J connectivity index is 1.64. The number of thiocarbonyl (C=S) groups is 1. The lowest BCUT2D eigenvalue weighted by Crippen LogP contribution is -2.36. The summed E-state index contributed by atoms with van der Waals surface area (Å²) in [5, 5.41) is 2.75. The molecule has 3 rings (SSSR count). The summed E-state index contributed by atoms with van der Waals surface area (Å²) in [4.78, 5) is 26.8. The summed E-state index contributed by atoms with van der Waals surface area (Å²) in [5.74, 6) is 0.860. The first-order valence-electron chi connectivity index (χ1n) is 8.92. The molecule has 0 saturated carbocycles. The molecule has 0 atom stereocenters. The molecular formula is C21H20N2O4S2. The molecule has 2 aromatic carbocycles. The molecule has 1 fully saturated rings. The van der Waals surface area contributed by atoms with Gasteiger partial charge in [0.05, 0.1) is 18.6 Å². The van der Waals surface area contributed by atoms with Crippen LogP contribution in [0.2, 0.25) is 0 Å². The average Bonchev–Trinajstić information content (AvgIpc) is 2.97. The fourth-order valence-corrected chi connectivity index (χ4v) is 3.89. The second kappa shape index (κ2) is 9.58. The molecule has 0 spiro atoms. The quantitative estimate of drug-likeness (QED) is 0.532. The predicted molar refractivity (Wildman–Crippen MR) is 119 cm³/mol. The van der Waals surface area contributed by atoms with Gasteiger partial charge in [-0.05, 0) is 55.0 Å². The smallest absolute Gasteiger partial charge is 0.266 e. The van der Waals surface area contributed by atoms with Crippen molar-refractivity contribution >= 4 is 51.9 Å². The van der Waals surface area contributed by atoms with Gasteiger partial charge in [0.1, 0.15) is 22.4 Å². The number of rotatable bonds is 7. The summed E-state index contributed by atoms with van der Waals surface area (Å²) in [6.45, 7) is 2.37. The van der Waals surface area contributed by atoms with Gasteiger partial charge in [0.2, 0.25) is 5.91 Å². The van der Waals surface area contributed by atoms with Gasteiger partial charge in [0.25, 0.3) is 5.91 Å². The largest absolute Gasteiger partial charge is 0.497 e.